The molecule has 0 radical (unpaired) electrons. The van der Waals surface area contributed by atoms with Gasteiger partial charge in [-0.25, -0.2) is 0 Å². The van der Waals surface area contributed by atoms with E-state index < -0.39 is 4.92 Å². The van der Waals surface area contributed by atoms with Crippen molar-refractivity contribution in [3.63, 3.8) is 0 Å². The van der Waals surface area contributed by atoms with Crippen LogP contribution >= 0.6 is 0 Å². The van der Waals surface area contributed by atoms with Crippen molar-refractivity contribution in [1.82, 2.24) is 0 Å². The maximum absolute atomic E-state index is 13.0. The van der Waals surface area contributed by atoms with Crippen molar-refractivity contribution in [1.29, 1.82) is 0 Å². The zero-order valence-corrected chi connectivity index (χ0v) is 16.0. The molecule has 2 aromatic carbocycles. The van der Waals surface area contributed by atoms with Crippen LogP contribution in [0, 0.1) is 15.5 Å². The summed E-state index contributed by atoms with van der Waals surface area (Å²) in [5.41, 5.74) is 2.53. The quantitative estimate of drug-likeness (QED) is 0.429. The lowest BCUT2D eigenvalue weighted by atomic mass is 9.85. The van der Waals surface area contributed by atoms with Crippen LogP contribution in [0.25, 0.3) is 6.08 Å². The molecule has 0 spiro atoms. The number of benzene rings is 2. The van der Waals surface area contributed by atoms with Crippen LogP contribution in [0.2, 0.25) is 0 Å². The maximum atomic E-state index is 13.0. The van der Waals surface area contributed by atoms with Gasteiger partial charge in [0.2, 0.25) is 0 Å². The molecule has 0 aromatic heterocycles. The first-order valence-corrected chi connectivity index (χ1v) is 8.89. The van der Waals surface area contributed by atoms with E-state index in [1.807, 2.05) is 51.1 Å². The zero-order chi connectivity index (χ0) is 20.3. The van der Waals surface area contributed by atoms with Gasteiger partial charge in [0.25, 0.3) is 11.6 Å². The molecule has 6 nitrogen and oxygen atoms in total. The first kappa shape index (κ1) is 19.2. The maximum Gasteiger partial charge on any atom is 0.280 e. The van der Waals surface area contributed by atoms with Gasteiger partial charge in [-0.05, 0) is 35.9 Å². The van der Waals surface area contributed by atoms with E-state index in [9.17, 15) is 14.9 Å². The number of amides is 1. The molecule has 1 aliphatic heterocycles. The van der Waals surface area contributed by atoms with Crippen molar-refractivity contribution in [2.24, 2.45) is 10.5 Å². The number of carbonyl (C=O) groups excluding carboxylic acids is 1. The van der Waals surface area contributed by atoms with E-state index in [1.54, 1.807) is 30.4 Å². The van der Waals surface area contributed by atoms with Crippen LogP contribution < -0.4 is 5.01 Å². The van der Waals surface area contributed by atoms with E-state index in [0.717, 1.165) is 17.0 Å². The van der Waals surface area contributed by atoms with Crippen LogP contribution in [-0.2, 0) is 4.79 Å². The van der Waals surface area contributed by atoms with Crippen LogP contribution in [0.4, 0.5) is 11.4 Å². The lowest BCUT2D eigenvalue weighted by Crippen LogP contribution is -2.23. The van der Waals surface area contributed by atoms with Crippen molar-refractivity contribution in [3.05, 3.63) is 88.0 Å². The monoisotopic (exact) mass is 375 g/mol. The number of hydrogen-bond acceptors (Lipinski definition) is 4. The molecule has 0 saturated heterocycles. The Balaban J connectivity index is 1.89. The normalized spacial score (nSPS) is 16.1. The number of rotatable bonds is 4. The highest BCUT2D eigenvalue weighted by Gasteiger charge is 2.36. The summed E-state index contributed by atoms with van der Waals surface area (Å²) in [4.78, 5) is 23.3. The summed E-state index contributed by atoms with van der Waals surface area (Å²) < 4.78 is 0. The topological polar surface area (TPSA) is 75.8 Å². The van der Waals surface area contributed by atoms with E-state index in [2.05, 4.69) is 5.10 Å². The fourth-order valence-corrected chi connectivity index (χ4v) is 2.83. The molecule has 1 aliphatic rings. The third-order valence-corrected chi connectivity index (χ3v) is 4.24. The number of hydrazone groups is 1. The zero-order valence-electron chi connectivity index (χ0n) is 16.0. The largest absolute Gasteiger partial charge is 0.280 e. The van der Waals surface area contributed by atoms with Crippen LogP contribution in [-0.4, -0.2) is 16.5 Å². The van der Waals surface area contributed by atoms with Crippen molar-refractivity contribution >= 4 is 29.1 Å². The molecule has 0 saturated carbocycles. The van der Waals surface area contributed by atoms with Gasteiger partial charge in [0.15, 0.2) is 0 Å². The molecule has 2 aromatic rings. The Bertz CT molecular complexity index is 982. The van der Waals surface area contributed by atoms with Gasteiger partial charge in [0.05, 0.1) is 21.9 Å². The number of allylic oxidation sites excluding steroid dienone is 2. The predicted molar refractivity (Wildman–Crippen MR) is 111 cm³/mol. The first-order chi connectivity index (χ1) is 13.3. The Kier molecular flexibility index (Phi) is 5.22. The number of nitrogens with zero attached hydrogens (tertiary/aromatic N) is 3. The minimum absolute atomic E-state index is 0.0436. The number of para-hydroxylation sites is 1. The Morgan fingerprint density at radius 1 is 1.04 bits per heavy atom. The van der Waals surface area contributed by atoms with Gasteiger partial charge in [-0.1, -0.05) is 51.1 Å². The van der Waals surface area contributed by atoms with Crippen molar-refractivity contribution in [3.8, 4) is 0 Å². The smallest absolute Gasteiger partial charge is 0.267 e. The summed E-state index contributed by atoms with van der Waals surface area (Å²) in [6, 6.07) is 15.5. The van der Waals surface area contributed by atoms with Crippen LogP contribution in [0.15, 0.2) is 77.4 Å². The van der Waals surface area contributed by atoms with Crippen molar-refractivity contribution < 1.29 is 9.72 Å². The predicted octanol–water partition coefficient (Wildman–Crippen LogP) is 4.98. The average Bonchev–Trinajstić information content (AvgIpc) is 3.00. The number of nitro groups is 1. The molecule has 0 unspecified atom stereocenters. The third-order valence-electron chi connectivity index (χ3n) is 4.24. The summed E-state index contributed by atoms with van der Waals surface area (Å²) in [6.45, 7) is 6.05. The molecule has 0 atom stereocenters. The first-order valence-electron chi connectivity index (χ1n) is 8.89. The summed E-state index contributed by atoms with van der Waals surface area (Å²) in [7, 11) is 0. The number of non-ortho nitro benzene ring substituents is 1. The Labute approximate surface area is 163 Å². The second-order valence-corrected chi connectivity index (χ2v) is 7.44. The van der Waals surface area contributed by atoms with E-state index in [-0.39, 0.29) is 17.0 Å². The standard InChI is InChI=1S/C22H21N3O3/c1-22(2,3)20-19(21(26)24(23-20)17-9-5-4-6-10-17)11-7-8-16-12-14-18(15-13-16)25(27)28/h4-15H,1-3H3/b8-7+,19-11?. The van der Waals surface area contributed by atoms with Crippen LogP contribution in [0.3, 0.4) is 0 Å². The average molecular weight is 375 g/mol. The van der Waals surface area contributed by atoms with Gasteiger partial charge >= 0.3 is 0 Å². The molecular formula is C22H21N3O3. The summed E-state index contributed by atoms with van der Waals surface area (Å²) in [6.07, 6.45) is 5.32. The van der Waals surface area contributed by atoms with E-state index in [4.69, 9.17) is 0 Å². The van der Waals surface area contributed by atoms with Crippen molar-refractivity contribution in [2.45, 2.75) is 20.8 Å². The van der Waals surface area contributed by atoms with Gasteiger partial charge in [-0.3, -0.25) is 14.9 Å². The van der Waals surface area contributed by atoms with Crippen LogP contribution in [0.5, 0.6) is 0 Å². The van der Waals surface area contributed by atoms with Gasteiger partial charge in [-0.15, -0.1) is 0 Å². The Morgan fingerprint density at radius 3 is 2.25 bits per heavy atom. The summed E-state index contributed by atoms with van der Waals surface area (Å²) >= 11 is 0. The minimum atomic E-state index is -0.434. The molecule has 3 rings (SSSR count). The van der Waals surface area contributed by atoms with Gasteiger partial charge < -0.3 is 0 Å². The number of carbonyl (C=O) groups is 1. The SMILES string of the molecule is CC(C)(C)C1=NN(c2ccccc2)C(=O)C1=C/C=C/c1ccc([N+](=O)[O-])cc1. The Hall–Kier alpha value is -3.54. The molecular weight excluding hydrogens is 354 g/mol. The minimum Gasteiger partial charge on any atom is -0.267 e. The number of anilines is 1. The Morgan fingerprint density at radius 2 is 1.68 bits per heavy atom. The highest BCUT2D eigenvalue weighted by atomic mass is 16.6. The molecule has 0 N–H and O–H groups in total. The van der Waals surface area contributed by atoms with Crippen molar-refractivity contribution in [2.75, 3.05) is 5.01 Å². The molecule has 1 amide bonds. The number of hydrogen-bond donors (Lipinski definition) is 0. The van der Waals surface area contributed by atoms with Crippen LogP contribution in [0.1, 0.15) is 26.3 Å². The van der Waals surface area contributed by atoms with E-state index in [0.29, 0.717) is 5.57 Å². The van der Waals surface area contributed by atoms with Gasteiger partial charge in [0.1, 0.15) is 0 Å². The summed E-state index contributed by atoms with van der Waals surface area (Å²) in [5, 5.41) is 16.7. The molecule has 28 heavy (non-hydrogen) atoms. The third kappa shape index (κ3) is 4.06. The summed E-state index contributed by atoms with van der Waals surface area (Å²) in [5.74, 6) is -0.176. The fraction of sp³-hybridized carbons (Fsp3) is 0.182. The van der Waals surface area contributed by atoms with Gasteiger partial charge in [0, 0.05) is 17.5 Å². The number of nitro benzene ring substituents is 1. The lowest BCUT2D eigenvalue weighted by Gasteiger charge is -2.17. The second kappa shape index (κ2) is 7.60. The van der Waals surface area contributed by atoms with E-state index >= 15 is 0 Å². The highest BCUT2D eigenvalue weighted by Crippen LogP contribution is 2.31. The molecule has 1 heterocycles. The van der Waals surface area contributed by atoms with Gasteiger partial charge in [-0.2, -0.15) is 10.1 Å². The second-order valence-electron chi connectivity index (χ2n) is 7.44. The van der Waals surface area contributed by atoms with E-state index in [1.165, 1.54) is 17.1 Å². The fourth-order valence-electron chi connectivity index (χ4n) is 2.83. The highest BCUT2D eigenvalue weighted by molar-refractivity contribution is 6.31. The molecule has 142 valence electrons. The molecule has 0 aliphatic carbocycles. The molecule has 0 bridgehead atoms. The molecule has 0 fully saturated rings. The molecule has 6 heteroatoms. The lowest BCUT2D eigenvalue weighted by molar-refractivity contribution is -0.384.